The van der Waals surface area contributed by atoms with Gasteiger partial charge in [0.1, 0.15) is 17.3 Å². The minimum atomic E-state index is -0.838. The number of rotatable bonds is 3. The lowest BCUT2D eigenvalue weighted by Crippen LogP contribution is -2.32. The van der Waals surface area contributed by atoms with Crippen LogP contribution in [-0.4, -0.2) is 61.9 Å². The fourth-order valence-corrected chi connectivity index (χ4v) is 5.22. The van der Waals surface area contributed by atoms with Gasteiger partial charge in [0, 0.05) is 60.4 Å². The van der Waals surface area contributed by atoms with E-state index in [1.54, 1.807) is 6.20 Å². The fraction of sp³-hybridized carbons (Fsp3) is 0.250. The minimum Gasteiger partial charge on any atom is -0.465 e. The van der Waals surface area contributed by atoms with E-state index in [2.05, 4.69) is 9.88 Å². The van der Waals surface area contributed by atoms with E-state index in [0.717, 1.165) is 47.1 Å². The van der Waals surface area contributed by atoms with Crippen LogP contribution in [0.15, 0.2) is 54.7 Å². The van der Waals surface area contributed by atoms with Crippen molar-refractivity contribution in [1.29, 1.82) is 0 Å². The van der Waals surface area contributed by atoms with Gasteiger partial charge in [0.25, 0.3) is 0 Å². The molecule has 2 unspecified atom stereocenters. The SMILES string of the molecule is Nc1cc(-c2c(-c3ccc(Cl)cc3)nc3ccc(N4CC5CN(C(=O)O)CC5C4)nn23)ccn1. The van der Waals surface area contributed by atoms with Crippen molar-refractivity contribution in [2.24, 2.45) is 11.8 Å². The van der Waals surface area contributed by atoms with Gasteiger partial charge >= 0.3 is 6.09 Å². The minimum absolute atomic E-state index is 0.320. The van der Waals surface area contributed by atoms with Crippen LogP contribution >= 0.6 is 11.6 Å². The number of nitrogens with zero attached hydrogens (tertiary/aromatic N) is 6. The molecule has 3 aromatic heterocycles. The Kier molecular flexibility index (Phi) is 4.80. The third-order valence-corrected chi connectivity index (χ3v) is 6.97. The molecule has 2 fully saturated rings. The lowest BCUT2D eigenvalue weighted by atomic mass is 10.0. The maximum Gasteiger partial charge on any atom is 0.407 e. The van der Waals surface area contributed by atoms with Crippen molar-refractivity contribution < 1.29 is 9.90 Å². The third-order valence-electron chi connectivity index (χ3n) is 6.72. The van der Waals surface area contributed by atoms with Gasteiger partial charge < -0.3 is 20.6 Å². The van der Waals surface area contributed by atoms with Gasteiger partial charge in [-0.25, -0.2) is 19.3 Å². The molecule has 9 nitrogen and oxygen atoms in total. The van der Waals surface area contributed by atoms with Crippen molar-refractivity contribution in [1.82, 2.24) is 24.5 Å². The number of carbonyl (C=O) groups is 1. The Bertz CT molecular complexity index is 1390. The molecule has 2 atom stereocenters. The summed E-state index contributed by atoms with van der Waals surface area (Å²) in [5, 5.41) is 14.9. The van der Waals surface area contributed by atoms with Crippen LogP contribution < -0.4 is 10.6 Å². The number of hydrogen-bond donors (Lipinski definition) is 2. The van der Waals surface area contributed by atoms with Gasteiger partial charge in [0.2, 0.25) is 0 Å². The zero-order chi connectivity index (χ0) is 23.4. The van der Waals surface area contributed by atoms with E-state index >= 15 is 0 Å². The summed E-state index contributed by atoms with van der Waals surface area (Å²) in [5.74, 6) is 1.90. The molecule has 2 aliphatic rings. The second kappa shape index (κ2) is 7.88. The third kappa shape index (κ3) is 3.49. The average molecular weight is 476 g/mol. The normalized spacial score (nSPS) is 19.7. The van der Waals surface area contributed by atoms with Gasteiger partial charge in [0.05, 0.1) is 5.69 Å². The summed E-state index contributed by atoms with van der Waals surface area (Å²) in [4.78, 5) is 24.1. The molecule has 2 saturated heterocycles. The maximum atomic E-state index is 11.3. The number of aromatic nitrogens is 4. The zero-order valence-corrected chi connectivity index (χ0v) is 18.9. The first kappa shape index (κ1) is 20.7. The highest BCUT2D eigenvalue weighted by Crippen LogP contribution is 2.36. The fourth-order valence-electron chi connectivity index (χ4n) is 5.09. The molecule has 0 bridgehead atoms. The van der Waals surface area contributed by atoms with Gasteiger partial charge in [-0.1, -0.05) is 23.7 Å². The van der Waals surface area contributed by atoms with E-state index in [4.69, 9.17) is 27.4 Å². The molecule has 3 N–H and O–H groups in total. The molecule has 0 spiro atoms. The van der Waals surface area contributed by atoms with Crippen molar-refractivity contribution in [3.8, 4) is 22.5 Å². The van der Waals surface area contributed by atoms with Gasteiger partial charge in [-0.05, 0) is 36.4 Å². The van der Waals surface area contributed by atoms with Crippen LogP contribution in [0, 0.1) is 11.8 Å². The second-order valence-corrected chi connectivity index (χ2v) is 9.30. The van der Waals surface area contributed by atoms with Crippen LogP contribution in [0.4, 0.5) is 16.4 Å². The molecule has 2 aliphatic heterocycles. The summed E-state index contributed by atoms with van der Waals surface area (Å²) in [6.07, 6.45) is 0.838. The number of nitrogen functional groups attached to an aromatic ring is 1. The number of pyridine rings is 1. The van der Waals surface area contributed by atoms with Gasteiger partial charge in [-0.2, -0.15) is 0 Å². The van der Waals surface area contributed by atoms with Crippen molar-refractivity contribution in [3.63, 3.8) is 0 Å². The molecular weight excluding hydrogens is 454 g/mol. The van der Waals surface area contributed by atoms with Gasteiger partial charge in [-0.3, -0.25) is 0 Å². The number of likely N-dealkylation sites (tertiary alicyclic amines) is 1. The topological polar surface area (TPSA) is 113 Å². The quantitative estimate of drug-likeness (QED) is 0.464. The predicted molar refractivity (Wildman–Crippen MR) is 130 cm³/mol. The summed E-state index contributed by atoms with van der Waals surface area (Å²) < 4.78 is 1.85. The second-order valence-electron chi connectivity index (χ2n) is 8.86. The summed E-state index contributed by atoms with van der Waals surface area (Å²) >= 11 is 6.11. The highest BCUT2D eigenvalue weighted by molar-refractivity contribution is 6.30. The molecule has 0 radical (unpaired) electrons. The largest absolute Gasteiger partial charge is 0.465 e. The van der Waals surface area contributed by atoms with E-state index < -0.39 is 6.09 Å². The molecular formula is C24H22ClN7O2. The number of anilines is 2. The molecule has 5 heterocycles. The van der Waals surface area contributed by atoms with E-state index in [1.165, 1.54) is 4.90 Å². The summed E-state index contributed by atoms with van der Waals surface area (Å²) in [6, 6.07) is 15.2. The number of benzene rings is 1. The van der Waals surface area contributed by atoms with E-state index in [0.29, 0.717) is 35.8 Å². The first-order valence-electron chi connectivity index (χ1n) is 11.1. The van der Waals surface area contributed by atoms with Crippen LogP contribution in [0.3, 0.4) is 0 Å². The van der Waals surface area contributed by atoms with E-state index in [9.17, 15) is 9.90 Å². The molecule has 34 heavy (non-hydrogen) atoms. The van der Waals surface area contributed by atoms with Crippen LogP contribution in [0.1, 0.15) is 0 Å². The highest BCUT2D eigenvalue weighted by atomic mass is 35.5. The van der Waals surface area contributed by atoms with E-state index in [-0.39, 0.29) is 0 Å². The van der Waals surface area contributed by atoms with Crippen molar-refractivity contribution in [2.45, 2.75) is 0 Å². The molecule has 0 aliphatic carbocycles. The molecule has 4 aromatic rings. The van der Waals surface area contributed by atoms with Crippen LogP contribution in [0.2, 0.25) is 5.02 Å². The summed E-state index contributed by atoms with van der Waals surface area (Å²) in [6.45, 7) is 2.71. The highest BCUT2D eigenvalue weighted by Gasteiger charge is 2.42. The average Bonchev–Trinajstić information content (AvgIpc) is 3.50. The Hall–Kier alpha value is -3.85. The smallest absolute Gasteiger partial charge is 0.407 e. The number of halogens is 1. The molecule has 1 aromatic carbocycles. The zero-order valence-electron chi connectivity index (χ0n) is 18.2. The predicted octanol–water partition coefficient (Wildman–Crippen LogP) is 3.74. The van der Waals surface area contributed by atoms with E-state index in [1.807, 2.05) is 53.0 Å². The molecule has 6 rings (SSSR count). The van der Waals surface area contributed by atoms with Crippen LogP contribution in [0.25, 0.3) is 28.2 Å². The summed E-state index contributed by atoms with van der Waals surface area (Å²) in [7, 11) is 0. The number of nitrogens with two attached hydrogens (primary N) is 1. The molecule has 172 valence electrons. The van der Waals surface area contributed by atoms with Gasteiger partial charge in [0.15, 0.2) is 5.65 Å². The Labute approximate surface area is 200 Å². The van der Waals surface area contributed by atoms with Gasteiger partial charge in [-0.15, -0.1) is 5.10 Å². The first-order chi connectivity index (χ1) is 16.5. The number of hydrogen-bond acceptors (Lipinski definition) is 6. The summed E-state index contributed by atoms with van der Waals surface area (Å²) in [5.41, 5.74) is 10.1. The molecule has 0 saturated carbocycles. The number of fused-ring (bicyclic) bond motifs is 2. The number of carboxylic acid groups (broad SMARTS) is 1. The Morgan fingerprint density at radius 1 is 1.00 bits per heavy atom. The Morgan fingerprint density at radius 3 is 2.41 bits per heavy atom. The van der Waals surface area contributed by atoms with Crippen LogP contribution in [-0.2, 0) is 0 Å². The standard InChI is InChI=1S/C24H22ClN7O2/c25-18-3-1-14(2-4-18)22-23(15-7-8-27-19(26)9-15)32-20(28-22)5-6-21(29-32)30-10-16-12-31(24(33)34)13-17(16)11-30/h1-9,16-17H,10-13H2,(H2,26,27)(H,33,34). The van der Waals surface area contributed by atoms with Crippen LogP contribution in [0.5, 0.6) is 0 Å². The molecule has 10 heteroatoms. The lowest BCUT2D eigenvalue weighted by molar-refractivity contribution is 0.153. The monoisotopic (exact) mass is 475 g/mol. The van der Waals surface area contributed by atoms with Crippen molar-refractivity contribution in [2.75, 3.05) is 36.8 Å². The lowest BCUT2D eigenvalue weighted by Gasteiger charge is -2.21. The molecule has 1 amide bonds. The first-order valence-corrected chi connectivity index (χ1v) is 11.4. The maximum absolute atomic E-state index is 11.3. The van der Waals surface area contributed by atoms with Crippen molar-refractivity contribution in [3.05, 3.63) is 59.8 Å². The number of amides is 1. The number of imidazole rings is 1. The Morgan fingerprint density at radius 2 is 1.74 bits per heavy atom. The van der Waals surface area contributed by atoms with Crippen molar-refractivity contribution >= 4 is 35.0 Å². The Balaban J connectivity index is 1.43.